The molecule has 0 aliphatic heterocycles. The SMILES string of the molecule is CCCCC(O)(CC(=O)[O-])C(=O)[O-].CCCCC(O)(CC(=O)[O-])C(=O)[O-].CCC[CH2][Sn+4]. The Hall–Kier alpha value is -1.40. The first-order valence-electron chi connectivity index (χ1n) is 10.2. The van der Waals surface area contributed by atoms with Crippen molar-refractivity contribution in [2.24, 2.45) is 0 Å². The van der Waals surface area contributed by atoms with E-state index in [2.05, 4.69) is 6.92 Å². The molecular formula is C20H33O10Sn. The molecule has 0 saturated carbocycles. The molecule has 0 aliphatic rings. The van der Waals surface area contributed by atoms with Crippen molar-refractivity contribution in [2.45, 2.75) is 101 Å². The summed E-state index contributed by atoms with van der Waals surface area (Å²) in [5.74, 6) is -6.71. The zero-order valence-corrected chi connectivity index (χ0v) is 21.3. The number of unbranched alkanes of at least 4 members (excludes halogenated alkanes) is 3. The second-order valence-corrected chi connectivity index (χ2v) is 8.47. The zero-order chi connectivity index (χ0) is 25.1. The summed E-state index contributed by atoms with van der Waals surface area (Å²) < 4.78 is 1.43. The van der Waals surface area contributed by atoms with Crippen molar-refractivity contribution in [1.82, 2.24) is 0 Å². The summed E-state index contributed by atoms with van der Waals surface area (Å²) in [6.45, 7) is 5.83. The van der Waals surface area contributed by atoms with Crippen molar-refractivity contribution in [3.05, 3.63) is 0 Å². The zero-order valence-electron chi connectivity index (χ0n) is 18.4. The minimum absolute atomic E-state index is 0.125. The summed E-state index contributed by atoms with van der Waals surface area (Å²) >= 11 is 1.68. The van der Waals surface area contributed by atoms with Gasteiger partial charge in [0.1, 0.15) is 11.2 Å². The van der Waals surface area contributed by atoms with Gasteiger partial charge in [0.05, 0.1) is 11.9 Å². The molecule has 0 aromatic carbocycles. The van der Waals surface area contributed by atoms with E-state index in [4.69, 9.17) is 0 Å². The Kier molecular flexibility index (Phi) is 21.3. The van der Waals surface area contributed by atoms with Crippen LogP contribution in [0.2, 0.25) is 4.44 Å². The fourth-order valence-corrected chi connectivity index (χ4v) is 3.13. The molecule has 0 rings (SSSR count). The summed E-state index contributed by atoms with van der Waals surface area (Å²) in [7, 11) is 0. The average Bonchev–Trinajstić information content (AvgIpc) is 2.65. The van der Waals surface area contributed by atoms with Crippen molar-refractivity contribution in [2.75, 3.05) is 0 Å². The number of aliphatic carboxylic acids is 4. The van der Waals surface area contributed by atoms with Crippen molar-refractivity contribution < 1.29 is 49.8 Å². The second-order valence-electron chi connectivity index (χ2n) is 7.05. The third kappa shape index (κ3) is 19.0. The van der Waals surface area contributed by atoms with Crippen LogP contribution in [0.4, 0.5) is 0 Å². The van der Waals surface area contributed by atoms with Crippen LogP contribution in [-0.4, -0.2) is 67.8 Å². The standard InChI is InChI=1S/2C8H14O5.C4H9.Sn/c2*1-2-3-4-8(13,7(11)12)5-6(9)10;1-3-4-2;/h2*13H,2-5H2,1H3,(H,9,10)(H,11,12);1,3-4H2,2H3;/q;;;+4/p-4. The van der Waals surface area contributed by atoms with E-state index in [0.29, 0.717) is 25.7 Å². The normalized spacial score (nSPS) is 13.9. The Morgan fingerprint density at radius 1 is 0.677 bits per heavy atom. The third-order valence-electron chi connectivity index (χ3n) is 4.05. The van der Waals surface area contributed by atoms with Crippen molar-refractivity contribution in [3.8, 4) is 0 Å². The van der Waals surface area contributed by atoms with Crippen LogP contribution in [0, 0.1) is 0 Å². The van der Waals surface area contributed by atoms with Gasteiger partial charge >= 0.3 is 46.7 Å². The van der Waals surface area contributed by atoms with Gasteiger partial charge in [-0.3, -0.25) is 0 Å². The van der Waals surface area contributed by atoms with Gasteiger partial charge in [-0.05, 0) is 12.8 Å². The molecule has 0 heterocycles. The molecule has 0 saturated heterocycles. The summed E-state index contributed by atoms with van der Waals surface area (Å²) in [4.78, 5) is 41.1. The molecule has 2 N–H and O–H groups in total. The Labute approximate surface area is 196 Å². The molecule has 7 radical (unpaired) electrons. The minimum atomic E-state index is -2.28. The van der Waals surface area contributed by atoms with Crippen LogP contribution in [0.1, 0.15) is 85.0 Å². The van der Waals surface area contributed by atoms with Crippen LogP contribution in [0.5, 0.6) is 0 Å². The number of carbonyl (C=O) groups excluding carboxylic acids is 4. The van der Waals surface area contributed by atoms with Gasteiger partial charge in [0.15, 0.2) is 0 Å². The van der Waals surface area contributed by atoms with Gasteiger partial charge in [0.25, 0.3) is 0 Å². The van der Waals surface area contributed by atoms with Gasteiger partial charge < -0.3 is 49.8 Å². The summed E-state index contributed by atoms with van der Waals surface area (Å²) in [5, 5.41) is 59.7. The van der Waals surface area contributed by atoms with Gasteiger partial charge in [-0.15, -0.1) is 0 Å². The Morgan fingerprint density at radius 2 is 0.968 bits per heavy atom. The van der Waals surface area contributed by atoms with E-state index >= 15 is 0 Å². The maximum atomic E-state index is 10.4. The molecule has 0 fully saturated rings. The van der Waals surface area contributed by atoms with Gasteiger partial charge in [0.2, 0.25) is 0 Å². The van der Waals surface area contributed by atoms with E-state index in [1.54, 1.807) is 36.4 Å². The number of carboxylic acids is 4. The van der Waals surface area contributed by atoms with E-state index in [1.165, 1.54) is 17.3 Å². The first-order chi connectivity index (χ1) is 14.3. The topological polar surface area (TPSA) is 201 Å². The van der Waals surface area contributed by atoms with Gasteiger partial charge in [-0.25, -0.2) is 0 Å². The van der Waals surface area contributed by atoms with Crippen molar-refractivity contribution >= 4 is 46.4 Å². The molecule has 2 atom stereocenters. The Bertz CT molecular complexity index is 494. The molecule has 2 unspecified atom stereocenters. The molecule has 0 spiro atoms. The van der Waals surface area contributed by atoms with Gasteiger partial charge in [-0.2, -0.15) is 0 Å². The van der Waals surface area contributed by atoms with E-state index < -0.39 is 47.9 Å². The number of aliphatic hydroxyl groups is 2. The fourth-order valence-electron chi connectivity index (χ4n) is 2.12. The monoisotopic (exact) mass is 553 g/mol. The average molecular weight is 552 g/mol. The summed E-state index contributed by atoms with van der Waals surface area (Å²) in [5.41, 5.74) is -4.57. The van der Waals surface area contributed by atoms with E-state index in [1.807, 2.05) is 0 Å². The van der Waals surface area contributed by atoms with Crippen LogP contribution in [0.3, 0.4) is 0 Å². The molecule has 177 valence electrons. The van der Waals surface area contributed by atoms with Crippen LogP contribution >= 0.6 is 0 Å². The second kappa shape index (κ2) is 19.3. The first kappa shape index (κ1) is 34.2. The van der Waals surface area contributed by atoms with Crippen LogP contribution in [-0.2, 0) is 19.2 Å². The number of hydrogen-bond acceptors (Lipinski definition) is 10. The maximum absolute atomic E-state index is 10.4. The first-order valence-corrected chi connectivity index (χ1v) is 12.2. The fraction of sp³-hybridized carbons (Fsp3) is 0.800. The number of carbonyl (C=O) groups is 4. The van der Waals surface area contributed by atoms with Crippen molar-refractivity contribution in [3.63, 3.8) is 0 Å². The Balaban J connectivity index is -0.000000416. The molecule has 31 heavy (non-hydrogen) atoms. The van der Waals surface area contributed by atoms with E-state index in [-0.39, 0.29) is 12.8 Å². The van der Waals surface area contributed by atoms with E-state index in [9.17, 15) is 49.8 Å². The Morgan fingerprint density at radius 3 is 1.10 bits per heavy atom. The molecule has 0 amide bonds. The molecule has 0 aromatic rings. The molecule has 11 heteroatoms. The van der Waals surface area contributed by atoms with Gasteiger partial charge in [0, 0.05) is 24.8 Å². The number of carboxylic acid groups (broad SMARTS) is 4. The van der Waals surface area contributed by atoms with Crippen LogP contribution < -0.4 is 20.4 Å². The van der Waals surface area contributed by atoms with Crippen molar-refractivity contribution in [1.29, 1.82) is 0 Å². The summed E-state index contributed by atoms with van der Waals surface area (Å²) in [6, 6.07) is 0. The predicted molar refractivity (Wildman–Crippen MR) is 104 cm³/mol. The number of hydrogen-bond donors (Lipinski definition) is 2. The number of rotatable bonds is 14. The molecular weight excluding hydrogens is 519 g/mol. The molecule has 10 nitrogen and oxygen atoms in total. The van der Waals surface area contributed by atoms with Crippen LogP contribution in [0.15, 0.2) is 0 Å². The summed E-state index contributed by atoms with van der Waals surface area (Å²) in [6.07, 6.45) is 2.90. The predicted octanol–water partition coefficient (Wildman–Crippen LogP) is -3.03. The third-order valence-corrected chi connectivity index (χ3v) is 5.06. The quantitative estimate of drug-likeness (QED) is 0.209. The molecule has 0 aliphatic carbocycles. The molecule has 0 aromatic heterocycles. The van der Waals surface area contributed by atoms with E-state index in [0.717, 1.165) is 0 Å². The van der Waals surface area contributed by atoms with Crippen LogP contribution in [0.25, 0.3) is 0 Å². The van der Waals surface area contributed by atoms with Gasteiger partial charge in [-0.1, -0.05) is 39.5 Å². The molecule has 0 bridgehead atoms.